The van der Waals surface area contributed by atoms with E-state index in [1.807, 2.05) is 0 Å². The molecule has 1 aliphatic heterocycles. The number of urea groups is 1. The molecule has 1 aliphatic carbocycles. The summed E-state index contributed by atoms with van der Waals surface area (Å²) in [6.07, 6.45) is -4.77. The number of alkyl halides is 3. The zero-order valence-electron chi connectivity index (χ0n) is 17.1. The summed E-state index contributed by atoms with van der Waals surface area (Å²) in [5.41, 5.74) is -0.622. The lowest BCUT2D eigenvalue weighted by Crippen LogP contribution is -2.47. The zero-order valence-corrected chi connectivity index (χ0v) is 17.9. The molecule has 4 rings (SSSR count). The SMILES string of the molecule is CO[C@H]1C[C@@H](n2c(=O)c3c(C)c(CN4CCNC4=O)sc3n(CCC(F)(F)F)c2=O)C1. The number of nitrogens with zero attached hydrogens (tertiary/aromatic N) is 3. The average molecular weight is 460 g/mol. The molecule has 170 valence electrons. The van der Waals surface area contributed by atoms with Crippen LogP contribution in [-0.4, -0.2) is 52.5 Å². The number of methoxy groups -OCH3 is 1. The number of aryl methyl sites for hydroxylation is 2. The summed E-state index contributed by atoms with van der Waals surface area (Å²) in [4.78, 5) is 40.8. The van der Waals surface area contributed by atoms with Gasteiger partial charge in [-0.3, -0.25) is 13.9 Å². The summed E-state index contributed by atoms with van der Waals surface area (Å²) in [5, 5.41) is 2.95. The zero-order chi connectivity index (χ0) is 22.5. The quantitative estimate of drug-likeness (QED) is 0.717. The lowest BCUT2D eigenvalue weighted by molar-refractivity contribution is -0.136. The van der Waals surface area contributed by atoms with Crippen LogP contribution in [0.2, 0.25) is 0 Å². The van der Waals surface area contributed by atoms with E-state index in [-0.39, 0.29) is 28.9 Å². The summed E-state index contributed by atoms with van der Waals surface area (Å²) in [7, 11) is 1.54. The minimum absolute atomic E-state index is 0.0802. The van der Waals surface area contributed by atoms with Crippen LogP contribution in [0.3, 0.4) is 0 Å². The Labute approximate surface area is 179 Å². The van der Waals surface area contributed by atoms with Gasteiger partial charge in [-0.2, -0.15) is 13.2 Å². The maximum absolute atomic E-state index is 13.3. The predicted octanol–water partition coefficient (Wildman–Crippen LogP) is 2.36. The van der Waals surface area contributed by atoms with Gasteiger partial charge in [-0.15, -0.1) is 11.3 Å². The first-order valence-corrected chi connectivity index (χ1v) is 10.8. The fraction of sp³-hybridized carbons (Fsp3) is 0.632. The summed E-state index contributed by atoms with van der Waals surface area (Å²) >= 11 is 1.11. The van der Waals surface area contributed by atoms with Crippen molar-refractivity contribution in [3.8, 4) is 0 Å². The first-order valence-electron chi connectivity index (χ1n) is 10.0. The Balaban J connectivity index is 1.83. The van der Waals surface area contributed by atoms with Crippen molar-refractivity contribution in [3.05, 3.63) is 31.3 Å². The van der Waals surface area contributed by atoms with E-state index in [1.54, 1.807) is 11.8 Å². The maximum Gasteiger partial charge on any atom is 0.390 e. The third-order valence-electron chi connectivity index (χ3n) is 6.01. The molecule has 2 aromatic heterocycles. The van der Waals surface area contributed by atoms with Crippen molar-refractivity contribution in [2.24, 2.45) is 0 Å². The van der Waals surface area contributed by atoms with Crippen LogP contribution in [0.15, 0.2) is 9.59 Å². The maximum atomic E-state index is 13.3. The van der Waals surface area contributed by atoms with Crippen molar-refractivity contribution >= 4 is 27.6 Å². The second kappa shape index (κ2) is 7.97. The minimum Gasteiger partial charge on any atom is -0.381 e. The third kappa shape index (κ3) is 3.98. The Bertz CT molecular complexity index is 1130. The second-order valence-electron chi connectivity index (χ2n) is 7.94. The average Bonchev–Trinajstić information content (AvgIpc) is 3.20. The van der Waals surface area contributed by atoms with Crippen LogP contribution in [0.4, 0.5) is 18.0 Å². The van der Waals surface area contributed by atoms with Crippen molar-refractivity contribution in [2.45, 2.75) is 57.6 Å². The molecule has 8 nitrogen and oxygen atoms in total. The van der Waals surface area contributed by atoms with Crippen molar-refractivity contribution in [1.29, 1.82) is 0 Å². The molecule has 12 heteroatoms. The number of thiophene rings is 1. The number of nitrogens with one attached hydrogen (secondary N) is 1. The van der Waals surface area contributed by atoms with Gasteiger partial charge in [-0.25, -0.2) is 9.59 Å². The smallest absolute Gasteiger partial charge is 0.381 e. The van der Waals surface area contributed by atoms with Gasteiger partial charge in [0, 0.05) is 37.7 Å². The molecule has 0 atom stereocenters. The van der Waals surface area contributed by atoms with Gasteiger partial charge in [0.2, 0.25) is 0 Å². The van der Waals surface area contributed by atoms with E-state index in [0.29, 0.717) is 36.4 Å². The van der Waals surface area contributed by atoms with E-state index in [1.165, 1.54) is 7.11 Å². The van der Waals surface area contributed by atoms with Gasteiger partial charge in [0.1, 0.15) is 4.83 Å². The molecule has 2 aliphatic rings. The molecule has 1 N–H and O–H groups in total. The number of hydrogen-bond acceptors (Lipinski definition) is 5. The Kier molecular flexibility index (Phi) is 5.63. The van der Waals surface area contributed by atoms with Crippen molar-refractivity contribution in [2.75, 3.05) is 20.2 Å². The van der Waals surface area contributed by atoms with Crippen LogP contribution in [0.25, 0.3) is 10.2 Å². The van der Waals surface area contributed by atoms with E-state index in [9.17, 15) is 27.6 Å². The van der Waals surface area contributed by atoms with Gasteiger partial charge < -0.3 is 15.0 Å². The van der Waals surface area contributed by atoms with Crippen LogP contribution in [-0.2, 0) is 17.8 Å². The predicted molar refractivity (Wildman–Crippen MR) is 109 cm³/mol. The van der Waals surface area contributed by atoms with Gasteiger partial charge in [0.15, 0.2) is 0 Å². The molecule has 31 heavy (non-hydrogen) atoms. The van der Waals surface area contributed by atoms with Crippen molar-refractivity contribution in [1.82, 2.24) is 19.4 Å². The number of carbonyl (C=O) groups is 1. The molecule has 3 heterocycles. The van der Waals surface area contributed by atoms with Gasteiger partial charge in [-0.1, -0.05) is 0 Å². The number of ether oxygens (including phenoxy) is 1. The monoisotopic (exact) mass is 460 g/mol. The summed E-state index contributed by atoms with van der Waals surface area (Å²) in [6.45, 7) is 2.39. The summed E-state index contributed by atoms with van der Waals surface area (Å²) in [5.74, 6) is 0. The lowest BCUT2D eigenvalue weighted by Gasteiger charge is -2.35. The molecule has 0 radical (unpaired) electrons. The highest BCUT2D eigenvalue weighted by atomic mass is 32.1. The molecule has 0 unspecified atom stereocenters. The van der Waals surface area contributed by atoms with Gasteiger partial charge in [0.05, 0.1) is 24.5 Å². The number of halogens is 3. The molecular weight excluding hydrogens is 437 g/mol. The Morgan fingerprint density at radius 3 is 2.52 bits per heavy atom. The van der Waals surface area contributed by atoms with E-state index in [0.717, 1.165) is 20.5 Å². The number of fused-ring (bicyclic) bond motifs is 1. The first-order chi connectivity index (χ1) is 14.6. The van der Waals surface area contributed by atoms with E-state index in [4.69, 9.17) is 4.74 Å². The first kappa shape index (κ1) is 21.9. The summed E-state index contributed by atoms with van der Waals surface area (Å²) < 4.78 is 46.2. The highest BCUT2D eigenvalue weighted by Gasteiger charge is 2.35. The van der Waals surface area contributed by atoms with E-state index in [2.05, 4.69) is 5.32 Å². The van der Waals surface area contributed by atoms with Crippen molar-refractivity contribution in [3.63, 3.8) is 0 Å². The topological polar surface area (TPSA) is 85.6 Å². The standard InChI is InChI=1S/C19H23F3N4O4S/c1-10-13(9-24-6-4-23-17(24)28)31-16-14(10)15(27)26(11-7-12(8-11)30-2)18(29)25(16)5-3-19(20,21)22/h11-12H,3-9H2,1-2H3,(H,23,28)/t11-,12+. The highest BCUT2D eigenvalue weighted by molar-refractivity contribution is 7.18. The van der Waals surface area contributed by atoms with Crippen LogP contribution < -0.4 is 16.6 Å². The molecule has 0 aromatic carbocycles. The molecule has 2 amide bonds. The molecule has 1 saturated heterocycles. The Morgan fingerprint density at radius 1 is 1.23 bits per heavy atom. The van der Waals surface area contributed by atoms with Gasteiger partial charge >= 0.3 is 17.9 Å². The Hall–Kier alpha value is -2.34. The largest absolute Gasteiger partial charge is 0.390 e. The highest BCUT2D eigenvalue weighted by Crippen LogP contribution is 2.34. The normalized spacial score (nSPS) is 21.6. The van der Waals surface area contributed by atoms with Crippen LogP contribution in [0, 0.1) is 6.92 Å². The second-order valence-corrected chi connectivity index (χ2v) is 9.02. The van der Waals surface area contributed by atoms with Gasteiger partial charge in [-0.05, 0) is 25.3 Å². The van der Waals surface area contributed by atoms with Crippen LogP contribution in [0.1, 0.15) is 35.7 Å². The number of carbonyl (C=O) groups excluding carboxylic acids is 1. The molecular formula is C19H23F3N4O4S. The van der Waals surface area contributed by atoms with Gasteiger partial charge in [0.25, 0.3) is 5.56 Å². The molecule has 0 bridgehead atoms. The fourth-order valence-electron chi connectivity index (χ4n) is 4.10. The van der Waals surface area contributed by atoms with E-state index < -0.39 is 36.4 Å². The van der Waals surface area contributed by atoms with Crippen LogP contribution >= 0.6 is 11.3 Å². The third-order valence-corrected chi connectivity index (χ3v) is 7.31. The fourth-order valence-corrected chi connectivity index (χ4v) is 5.43. The lowest BCUT2D eigenvalue weighted by atomic mass is 9.89. The minimum atomic E-state index is -4.44. The molecule has 1 saturated carbocycles. The number of aromatic nitrogens is 2. The van der Waals surface area contributed by atoms with E-state index >= 15 is 0 Å². The van der Waals surface area contributed by atoms with Crippen LogP contribution in [0.5, 0.6) is 0 Å². The number of hydrogen-bond donors (Lipinski definition) is 1. The molecule has 2 fully saturated rings. The summed E-state index contributed by atoms with van der Waals surface area (Å²) in [6, 6.07) is -0.637. The molecule has 2 aromatic rings. The Morgan fingerprint density at radius 2 is 1.94 bits per heavy atom. The number of rotatable bonds is 6. The number of amides is 2. The molecule has 0 spiro atoms. The van der Waals surface area contributed by atoms with Crippen molar-refractivity contribution < 1.29 is 22.7 Å².